The van der Waals surface area contributed by atoms with Crippen LogP contribution in [-0.2, 0) is 0 Å². The molecule has 62 valence electrons. The number of amidine groups is 1. The van der Waals surface area contributed by atoms with Gasteiger partial charge in [0.15, 0.2) is 5.17 Å². The molecule has 4 heteroatoms. The maximum atomic E-state index is 8.33. The number of aliphatic imine (C=N–C) groups is 1. The lowest BCUT2D eigenvalue weighted by atomic mass is 10.6. The largest absolute Gasteiger partial charge is 0.351 e. The van der Waals surface area contributed by atoms with E-state index >= 15 is 0 Å². The summed E-state index contributed by atoms with van der Waals surface area (Å²) in [5, 5.41) is 9.13. The Kier molecular flexibility index (Phi) is 5.67. The van der Waals surface area contributed by atoms with E-state index in [1.165, 1.54) is 11.8 Å². The number of thioether (sulfide) groups is 1. The Bertz CT molecular complexity index is 167. The normalized spacial score (nSPS) is 10.9. The third-order valence-corrected chi connectivity index (χ3v) is 2.08. The molecule has 0 unspecified atom stereocenters. The van der Waals surface area contributed by atoms with Crippen LogP contribution in [-0.4, -0.2) is 29.4 Å². The third-order valence-electron chi connectivity index (χ3n) is 1.36. The minimum Gasteiger partial charge on any atom is -0.351 e. The number of hydrogen-bond donors (Lipinski definition) is 0. The highest BCUT2D eigenvalue weighted by molar-refractivity contribution is 8.13. The zero-order valence-electron chi connectivity index (χ0n) is 7.16. The van der Waals surface area contributed by atoms with Crippen LogP contribution in [0.25, 0.3) is 0 Å². The number of nitrogens with zero attached hydrogens (tertiary/aromatic N) is 3. The van der Waals surface area contributed by atoms with Crippen molar-refractivity contribution in [2.45, 2.75) is 13.8 Å². The van der Waals surface area contributed by atoms with Crippen molar-refractivity contribution in [3.8, 4) is 6.19 Å². The molecule has 0 aliphatic carbocycles. The molecule has 0 saturated heterocycles. The molecule has 3 nitrogen and oxygen atoms in total. The van der Waals surface area contributed by atoms with Crippen LogP contribution in [0.5, 0.6) is 0 Å². The van der Waals surface area contributed by atoms with E-state index in [4.69, 9.17) is 5.26 Å². The molecule has 0 aliphatic rings. The van der Waals surface area contributed by atoms with Gasteiger partial charge in [0, 0.05) is 13.1 Å². The summed E-state index contributed by atoms with van der Waals surface area (Å²) in [7, 11) is 0. The molecule has 0 heterocycles. The van der Waals surface area contributed by atoms with Crippen molar-refractivity contribution < 1.29 is 0 Å². The first-order chi connectivity index (χ1) is 5.29. The molecule has 0 aromatic carbocycles. The zero-order chi connectivity index (χ0) is 8.69. The van der Waals surface area contributed by atoms with E-state index < -0.39 is 0 Å². The monoisotopic (exact) mass is 171 g/mol. The van der Waals surface area contributed by atoms with Gasteiger partial charge >= 0.3 is 0 Å². The van der Waals surface area contributed by atoms with Crippen molar-refractivity contribution in [3.05, 3.63) is 0 Å². The van der Waals surface area contributed by atoms with E-state index in [1.807, 2.05) is 25.0 Å². The van der Waals surface area contributed by atoms with Crippen LogP contribution in [0.1, 0.15) is 13.8 Å². The maximum absolute atomic E-state index is 8.33. The topological polar surface area (TPSA) is 39.4 Å². The Balaban J connectivity index is 4.24. The molecule has 0 spiro atoms. The van der Waals surface area contributed by atoms with Gasteiger partial charge in [-0.3, -0.25) is 0 Å². The van der Waals surface area contributed by atoms with E-state index in [-0.39, 0.29) is 0 Å². The van der Waals surface area contributed by atoms with E-state index in [9.17, 15) is 0 Å². The van der Waals surface area contributed by atoms with E-state index in [0.29, 0.717) is 0 Å². The molecular formula is C7H13N3S. The lowest BCUT2D eigenvalue weighted by Crippen LogP contribution is -2.27. The minimum atomic E-state index is 0.803. The molecule has 0 N–H and O–H groups in total. The lowest BCUT2D eigenvalue weighted by molar-refractivity contribution is 0.475. The van der Waals surface area contributed by atoms with Gasteiger partial charge < -0.3 is 4.90 Å². The molecule has 0 saturated carbocycles. The summed E-state index contributed by atoms with van der Waals surface area (Å²) in [5.74, 6) is 0. The van der Waals surface area contributed by atoms with Crippen molar-refractivity contribution in [1.82, 2.24) is 4.90 Å². The number of hydrogen-bond acceptors (Lipinski definition) is 3. The van der Waals surface area contributed by atoms with E-state index in [1.54, 1.807) is 6.19 Å². The van der Waals surface area contributed by atoms with Crippen molar-refractivity contribution >= 4 is 16.9 Å². The Morgan fingerprint density at radius 1 is 1.55 bits per heavy atom. The molecule has 0 aromatic heterocycles. The summed E-state index contributed by atoms with van der Waals surface area (Å²) in [6, 6.07) is 0. The van der Waals surface area contributed by atoms with Gasteiger partial charge in [0.1, 0.15) is 0 Å². The average molecular weight is 171 g/mol. The molecular weight excluding hydrogens is 158 g/mol. The Labute approximate surface area is 72.1 Å². The highest BCUT2D eigenvalue weighted by Gasteiger charge is 2.04. The molecule has 0 radical (unpaired) electrons. The van der Waals surface area contributed by atoms with Crippen molar-refractivity contribution in [3.63, 3.8) is 0 Å². The van der Waals surface area contributed by atoms with Gasteiger partial charge in [-0.25, -0.2) is 0 Å². The van der Waals surface area contributed by atoms with E-state index in [2.05, 4.69) is 4.99 Å². The quantitative estimate of drug-likeness (QED) is 0.359. The standard InChI is InChI=1S/C7H13N3S/c1-4-10(5-2)7(11-3)9-6-8/h4-5H2,1-3H3. The SMILES string of the molecule is CCN(CC)C(=NC#N)SC. The second-order valence-corrected chi connectivity index (χ2v) is 2.64. The van der Waals surface area contributed by atoms with Crippen LogP contribution >= 0.6 is 11.8 Å². The van der Waals surface area contributed by atoms with E-state index in [0.717, 1.165) is 18.3 Å². The molecule has 0 amide bonds. The first kappa shape index (κ1) is 10.3. The van der Waals surface area contributed by atoms with Gasteiger partial charge in [-0.05, 0) is 20.1 Å². The molecule has 0 fully saturated rings. The second kappa shape index (κ2) is 6.05. The van der Waals surface area contributed by atoms with Gasteiger partial charge in [-0.1, -0.05) is 11.8 Å². The highest BCUT2D eigenvalue weighted by Crippen LogP contribution is 2.03. The van der Waals surface area contributed by atoms with Crippen LogP contribution in [0.4, 0.5) is 0 Å². The molecule has 0 aromatic rings. The van der Waals surface area contributed by atoms with Gasteiger partial charge in [0.25, 0.3) is 0 Å². The van der Waals surface area contributed by atoms with Crippen LogP contribution < -0.4 is 0 Å². The first-order valence-corrected chi connectivity index (χ1v) is 4.78. The fraction of sp³-hybridized carbons (Fsp3) is 0.714. The van der Waals surface area contributed by atoms with Crippen LogP contribution in [0.15, 0.2) is 4.99 Å². The fourth-order valence-corrected chi connectivity index (χ4v) is 1.43. The zero-order valence-corrected chi connectivity index (χ0v) is 7.98. The molecule has 0 aliphatic heterocycles. The summed E-state index contributed by atoms with van der Waals surface area (Å²) in [6.07, 6.45) is 3.72. The summed E-state index contributed by atoms with van der Waals surface area (Å²) < 4.78 is 0. The molecule has 0 bridgehead atoms. The molecule has 0 rings (SSSR count). The van der Waals surface area contributed by atoms with Crippen LogP contribution in [0, 0.1) is 11.5 Å². The summed E-state index contributed by atoms with van der Waals surface area (Å²) in [4.78, 5) is 5.75. The van der Waals surface area contributed by atoms with Crippen molar-refractivity contribution in [1.29, 1.82) is 5.26 Å². The Morgan fingerprint density at radius 3 is 2.36 bits per heavy atom. The van der Waals surface area contributed by atoms with Crippen LogP contribution in [0.2, 0.25) is 0 Å². The van der Waals surface area contributed by atoms with Gasteiger partial charge in [0.2, 0.25) is 6.19 Å². The average Bonchev–Trinajstić information content (AvgIpc) is 2.05. The fourth-order valence-electron chi connectivity index (χ4n) is 0.782. The minimum absolute atomic E-state index is 0.803. The van der Waals surface area contributed by atoms with Gasteiger partial charge in [-0.2, -0.15) is 5.26 Å². The number of rotatable bonds is 2. The molecule has 11 heavy (non-hydrogen) atoms. The van der Waals surface area contributed by atoms with Gasteiger partial charge in [0.05, 0.1) is 0 Å². The molecule has 0 atom stereocenters. The summed E-state index contributed by atoms with van der Waals surface area (Å²) in [6.45, 7) is 5.90. The third kappa shape index (κ3) is 3.28. The lowest BCUT2D eigenvalue weighted by Gasteiger charge is -2.19. The van der Waals surface area contributed by atoms with Crippen molar-refractivity contribution in [2.24, 2.45) is 4.99 Å². The maximum Gasteiger partial charge on any atom is 0.208 e. The highest BCUT2D eigenvalue weighted by atomic mass is 32.2. The smallest absolute Gasteiger partial charge is 0.208 e. The summed E-state index contributed by atoms with van der Waals surface area (Å²) in [5.41, 5.74) is 0. The van der Waals surface area contributed by atoms with Crippen LogP contribution in [0.3, 0.4) is 0 Å². The summed E-state index contributed by atoms with van der Waals surface area (Å²) >= 11 is 1.51. The predicted molar refractivity (Wildman–Crippen MR) is 49.5 cm³/mol. The first-order valence-electron chi connectivity index (χ1n) is 3.55. The Hall–Kier alpha value is -0.690. The van der Waals surface area contributed by atoms with Crippen molar-refractivity contribution in [2.75, 3.05) is 19.3 Å². The predicted octanol–water partition coefficient (Wildman–Crippen LogP) is 1.53. The Morgan fingerprint density at radius 2 is 2.09 bits per heavy atom. The second-order valence-electron chi connectivity index (χ2n) is 1.87. The van der Waals surface area contributed by atoms with Gasteiger partial charge in [-0.15, -0.1) is 4.99 Å². The number of nitriles is 1.